The van der Waals surface area contributed by atoms with Gasteiger partial charge in [0.2, 0.25) is 0 Å². The highest BCUT2D eigenvalue weighted by Crippen LogP contribution is 2.33. The number of fused-ring (bicyclic) bond motifs is 2. The lowest BCUT2D eigenvalue weighted by Gasteiger charge is -2.08. The van der Waals surface area contributed by atoms with Crippen LogP contribution < -0.4 is 0 Å². The van der Waals surface area contributed by atoms with E-state index in [0.717, 1.165) is 44.0 Å². The van der Waals surface area contributed by atoms with Gasteiger partial charge in [0.25, 0.3) is 0 Å². The average molecular weight is 400 g/mol. The zero-order valence-electron chi connectivity index (χ0n) is 9.84. The predicted molar refractivity (Wildman–Crippen MR) is 84.1 cm³/mol. The van der Waals surface area contributed by atoms with Gasteiger partial charge in [0.1, 0.15) is 0 Å². The fourth-order valence-electron chi connectivity index (χ4n) is 2.47. The first-order chi connectivity index (χ1) is 9.06. The van der Waals surface area contributed by atoms with Crippen molar-refractivity contribution < 1.29 is 4.79 Å². The number of hydrogen-bond donors (Lipinski definition) is 0. The van der Waals surface area contributed by atoms with Gasteiger partial charge in [-0.1, -0.05) is 27.5 Å². The number of rotatable bonds is 0. The van der Waals surface area contributed by atoms with Gasteiger partial charge in [-0.05, 0) is 70.2 Å². The van der Waals surface area contributed by atoms with Crippen LogP contribution in [0.1, 0.15) is 27.0 Å². The zero-order valence-corrected chi connectivity index (χ0v) is 13.8. The predicted octanol–water partition coefficient (Wildman–Crippen LogP) is 5.19. The van der Waals surface area contributed by atoms with Crippen LogP contribution in [0.4, 0.5) is 0 Å². The molecule has 0 saturated heterocycles. The number of ketones is 1. The van der Waals surface area contributed by atoms with Gasteiger partial charge in [0.15, 0.2) is 5.78 Å². The van der Waals surface area contributed by atoms with Crippen molar-refractivity contribution in [3.8, 4) is 0 Å². The molecule has 1 aliphatic rings. The second kappa shape index (κ2) is 5.04. The molecule has 96 valence electrons. The third kappa shape index (κ3) is 2.39. The summed E-state index contributed by atoms with van der Waals surface area (Å²) in [5, 5.41) is 0.658. The molecule has 1 nitrogen and oxygen atoms in total. The first-order valence-electron chi connectivity index (χ1n) is 5.87. The lowest BCUT2D eigenvalue weighted by molar-refractivity contribution is 0.103. The van der Waals surface area contributed by atoms with Gasteiger partial charge in [-0.15, -0.1) is 0 Å². The summed E-state index contributed by atoms with van der Waals surface area (Å²) >= 11 is 13.0. The van der Waals surface area contributed by atoms with Crippen molar-refractivity contribution in [3.63, 3.8) is 0 Å². The van der Waals surface area contributed by atoms with E-state index in [2.05, 4.69) is 31.9 Å². The van der Waals surface area contributed by atoms with Crippen molar-refractivity contribution in [2.75, 3.05) is 0 Å². The minimum Gasteiger partial charge on any atom is -0.289 e. The molecule has 0 bridgehead atoms. The quantitative estimate of drug-likeness (QED) is 0.594. The molecule has 3 rings (SSSR count). The van der Waals surface area contributed by atoms with E-state index in [0.29, 0.717) is 5.02 Å². The SMILES string of the molecule is O=C1c2ccc(Br)cc2CCc2cc(Cl)cc(Br)c21. The molecule has 0 unspecified atom stereocenters. The van der Waals surface area contributed by atoms with Crippen molar-refractivity contribution in [2.45, 2.75) is 12.8 Å². The largest absolute Gasteiger partial charge is 0.289 e. The van der Waals surface area contributed by atoms with Crippen LogP contribution in [0.3, 0.4) is 0 Å². The van der Waals surface area contributed by atoms with E-state index in [1.807, 2.05) is 24.3 Å². The first kappa shape index (κ1) is 13.3. The van der Waals surface area contributed by atoms with Gasteiger partial charge in [-0.2, -0.15) is 0 Å². The van der Waals surface area contributed by atoms with Crippen LogP contribution in [0.15, 0.2) is 39.3 Å². The molecular formula is C15H9Br2ClO. The third-order valence-electron chi connectivity index (χ3n) is 3.34. The molecule has 0 fully saturated rings. The molecule has 0 radical (unpaired) electrons. The summed E-state index contributed by atoms with van der Waals surface area (Å²) in [5.74, 6) is 0.0681. The molecule has 0 heterocycles. The normalized spacial score (nSPS) is 13.7. The Bertz CT molecular complexity index is 695. The Morgan fingerprint density at radius 3 is 2.53 bits per heavy atom. The second-order valence-electron chi connectivity index (χ2n) is 4.55. The van der Waals surface area contributed by atoms with E-state index in [9.17, 15) is 4.79 Å². The number of carbonyl (C=O) groups is 1. The van der Waals surface area contributed by atoms with Crippen molar-refractivity contribution in [1.29, 1.82) is 0 Å². The Balaban J connectivity index is 2.23. The number of hydrogen-bond acceptors (Lipinski definition) is 1. The van der Waals surface area contributed by atoms with E-state index in [-0.39, 0.29) is 5.78 Å². The molecule has 0 N–H and O–H groups in total. The third-order valence-corrected chi connectivity index (χ3v) is 4.68. The summed E-state index contributed by atoms with van der Waals surface area (Å²) in [4.78, 5) is 12.7. The lowest BCUT2D eigenvalue weighted by Crippen LogP contribution is -2.05. The maximum atomic E-state index is 12.7. The Hall–Kier alpha value is -0.640. The minimum absolute atomic E-state index is 0.0681. The Kier molecular flexibility index (Phi) is 3.54. The summed E-state index contributed by atoms with van der Waals surface area (Å²) in [7, 11) is 0. The molecule has 0 atom stereocenters. The van der Waals surface area contributed by atoms with Crippen LogP contribution in [0.25, 0.3) is 0 Å². The summed E-state index contributed by atoms with van der Waals surface area (Å²) in [6, 6.07) is 9.49. The second-order valence-corrected chi connectivity index (χ2v) is 6.76. The maximum Gasteiger partial charge on any atom is 0.194 e. The molecule has 2 aromatic rings. The van der Waals surface area contributed by atoms with Gasteiger partial charge in [-0.25, -0.2) is 0 Å². The van der Waals surface area contributed by atoms with Gasteiger partial charge in [-0.3, -0.25) is 4.79 Å². The topological polar surface area (TPSA) is 17.1 Å². The van der Waals surface area contributed by atoms with Gasteiger partial charge in [0, 0.05) is 25.1 Å². The average Bonchev–Trinajstić information content (AvgIpc) is 2.47. The summed E-state index contributed by atoms with van der Waals surface area (Å²) < 4.78 is 1.78. The van der Waals surface area contributed by atoms with Crippen LogP contribution in [0, 0.1) is 0 Å². The van der Waals surface area contributed by atoms with Crippen LogP contribution in [-0.4, -0.2) is 5.78 Å². The van der Waals surface area contributed by atoms with E-state index < -0.39 is 0 Å². The van der Waals surface area contributed by atoms with Crippen molar-refractivity contribution in [2.24, 2.45) is 0 Å². The molecular weight excluding hydrogens is 391 g/mol. The zero-order chi connectivity index (χ0) is 13.6. The van der Waals surface area contributed by atoms with Crippen LogP contribution >= 0.6 is 43.5 Å². The summed E-state index contributed by atoms with van der Waals surface area (Å²) in [5.41, 5.74) is 3.62. The molecule has 0 amide bonds. The highest BCUT2D eigenvalue weighted by molar-refractivity contribution is 9.10. The van der Waals surface area contributed by atoms with Crippen molar-refractivity contribution in [3.05, 3.63) is 66.6 Å². The van der Waals surface area contributed by atoms with E-state index in [1.54, 1.807) is 6.07 Å². The molecule has 19 heavy (non-hydrogen) atoms. The Morgan fingerprint density at radius 1 is 1.00 bits per heavy atom. The monoisotopic (exact) mass is 398 g/mol. The van der Waals surface area contributed by atoms with E-state index in [4.69, 9.17) is 11.6 Å². The van der Waals surface area contributed by atoms with Gasteiger partial charge < -0.3 is 0 Å². The Morgan fingerprint density at radius 2 is 1.74 bits per heavy atom. The summed E-state index contributed by atoms with van der Waals surface area (Å²) in [6.45, 7) is 0. The Labute approximate surface area is 133 Å². The molecule has 2 aromatic carbocycles. The van der Waals surface area contributed by atoms with Crippen LogP contribution in [-0.2, 0) is 12.8 Å². The van der Waals surface area contributed by atoms with Crippen molar-refractivity contribution >= 4 is 49.2 Å². The number of halogens is 3. The molecule has 1 aliphatic carbocycles. The number of benzene rings is 2. The first-order valence-corrected chi connectivity index (χ1v) is 7.83. The van der Waals surface area contributed by atoms with Crippen LogP contribution in [0.2, 0.25) is 5.02 Å². The standard InChI is InChI=1S/C15H9Br2ClO/c16-10-3-4-12-8(5-10)1-2-9-6-11(18)7-13(17)14(9)15(12)19/h3-7H,1-2H2. The van der Waals surface area contributed by atoms with Gasteiger partial charge in [0.05, 0.1) is 0 Å². The molecule has 0 aliphatic heterocycles. The maximum absolute atomic E-state index is 12.7. The lowest BCUT2D eigenvalue weighted by atomic mass is 9.99. The molecule has 0 aromatic heterocycles. The number of aryl methyl sites for hydroxylation is 2. The molecule has 0 saturated carbocycles. The van der Waals surface area contributed by atoms with E-state index >= 15 is 0 Å². The fraction of sp³-hybridized carbons (Fsp3) is 0.133. The molecule has 0 spiro atoms. The highest BCUT2D eigenvalue weighted by Gasteiger charge is 2.23. The van der Waals surface area contributed by atoms with E-state index in [1.165, 1.54) is 0 Å². The highest BCUT2D eigenvalue weighted by atomic mass is 79.9. The smallest absolute Gasteiger partial charge is 0.194 e. The van der Waals surface area contributed by atoms with Crippen LogP contribution in [0.5, 0.6) is 0 Å². The molecule has 4 heteroatoms. The van der Waals surface area contributed by atoms with Crippen molar-refractivity contribution in [1.82, 2.24) is 0 Å². The van der Waals surface area contributed by atoms with Gasteiger partial charge >= 0.3 is 0 Å². The number of carbonyl (C=O) groups excluding carboxylic acids is 1. The summed E-state index contributed by atoms with van der Waals surface area (Å²) in [6.07, 6.45) is 1.67. The minimum atomic E-state index is 0.0681. The fourth-order valence-corrected chi connectivity index (χ4v) is 3.94.